The molecule has 0 fully saturated rings. The molecule has 2 bridgehead atoms. The zero-order chi connectivity index (χ0) is 23.9. The highest BCUT2D eigenvalue weighted by atomic mass is 16.5. The molecule has 0 spiro atoms. The Morgan fingerprint density at radius 3 is 1.71 bits per heavy atom. The molecule has 3 aromatic carbocycles. The highest BCUT2D eigenvalue weighted by molar-refractivity contribution is 6.13. The van der Waals surface area contributed by atoms with Gasteiger partial charge >= 0.3 is 0 Å². The minimum Gasteiger partial charge on any atom is -0.506 e. The number of para-hydroxylation sites is 4. The average Bonchev–Trinajstić information content (AvgIpc) is 2.84. The van der Waals surface area contributed by atoms with Gasteiger partial charge in [0.05, 0.1) is 42.8 Å². The lowest BCUT2D eigenvalue weighted by Gasteiger charge is -2.17. The third-order valence-electron chi connectivity index (χ3n) is 5.05. The van der Waals surface area contributed by atoms with Crippen LogP contribution in [0.3, 0.4) is 0 Å². The van der Waals surface area contributed by atoms with E-state index in [1.165, 1.54) is 19.2 Å². The summed E-state index contributed by atoms with van der Waals surface area (Å²) in [5, 5.41) is 16.3. The zero-order valence-corrected chi connectivity index (χ0v) is 18.5. The van der Waals surface area contributed by atoms with E-state index in [-0.39, 0.29) is 30.1 Å². The Morgan fingerprint density at radius 2 is 1.24 bits per heavy atom. The van der Waals surface area contributed by atoms with Crippen molar-refractivity contribution < 1.29 is 33.6 Å². The van der Waals surface area contributed by atoms with Gasteiger partial charge in [-0.2, -0.15) is 0 Å². The first-order valence-corrected chi connectivity index (χ1v) is 10.6. The molecule has 1 aliphatic heterocycles. The van der Waals surface area contributed by atoms with E-state index in [4.69, 9.17) is 18.9 Å². The first-order chi connectivity index (χ1) is 16.6. The molecule has 0 unspecified atom stereocenters. The summed E-state index contributed by atoms with van der Waals surface area (Å²) >= 11 is 0. The Hall–Kier alpha value is -4.24. The van der Waals surface area contributed by atoms with Gasteiger partial charge in [-0.15, -0.1) is 0 Å². The number of amides is 2. The van der Waals surface area contributed by atoms with Crippen molar-refractivity contribution in [3.8, 4) is 23.0 Å². The van der Waals surface area contributed by atoms with Gasteiger partial charge in [-0.1, -0.05) is 24.3 Å². The number of carbonyl (C=O) groups is 2. The summed E-state index contributed by atoms with van der Waals surface area (Å²) in [6, 6.07) is 16.5. The Kier molecular flexibility index (Phi) is 7.14. The molecule has 1 heterocycles. The van der Waals surface area contributed by atoms with Crippen molar-refractivity contribution in [2.75, 3.05) is 44.2 Å². The minimum absolute atomic E-state index is 0.131. The molecule has 176 valence electrons. The second kappa shape index (κ2) is 10.6. The Labute approximate surface area is 196 Å². The number of phenolic OH excluding ortho intramolecular Hbond substituents is 1. The summed E-state index contributed by atoms with van der Waals surface area (Å²) in [4.78, 5) is 26.1. The predicted octanol–water partition coefficient (Wildman–Crippen LogP) is 3.69. The summed E-state index contributed by atoms with van der Waals surface area (Å²) in [6.07, 6.45) is 0. The number of fused-ring (bicyclic) bond motifs is 4. The van der Waals surface area contributed by atoms with E-state index >= 15 is 0 Å². The molecule has 9 heteroatoms. The van der Waals surface area contributed by atoms with E-state index in [0.717, 1.165) is 0 Å². The lowest BCUT2D eigenvalue weighted by Crippen LogP contribution is -2.18. The third-order valence-corrected chi connectivity index (χ3v) is 5.05. The fraction of sp³-hybridized carbons (Fsp3) is 0.200. The van der Waals surface area contributed by atoms with Gasteiger partial charge in [-0.25, -0.2) is 0 Å². The van der Waals surface area contributed by atoms with E-state index in [2.05, 4.69) is 10.6 Å². The van der Waals surface area contributed by atoms with E-state index in [0.29, 0.717) is 36.1 Å². The van der Waals surface area contributed by atoms with Crippen LogP contribution in [0.5, 0.6) is 23.0 Å². The highest BCUT2D eigenvalue weighted by Gasteiger charge is 2.23. The average molecular weight is 464 g/mol. The Balaban J connectivity index is 1.74. The summed E-state index contributed by atoms with van der Waals surface area (Å²) < 4.78 is 22.3. The number of carbonyl (C=O) groups excluding carboxylic acids is 2. The van der Waals surface area contributed by atoms with Gasteiger partial charge in [0.1, 0.15) is 36.2 Å². The van der Waals surface area contributed by atoms with Crippen LogP contribution in [0.4, 0.5) is 11.4 Å². The minimum atomic E-state index is -0.636. The third kappa shape index (κ3) is 5.21. The van der Waals surface area contributed by atoms with Crippen LogP contribution in [-0.2, 0) is 4.74 Å². The number of nitrogens with one attached hydrogen (secondary N) is 2. The predicted molar refractivity (Wildman–Crippen MR) is 125 cm³/mol. The standard InChI is InChI=1S/C25H24N2O7/c1-31-16-14-17-23(28)18(15-16)25(30)27-20-7-3-5-9-22(20)34-13-11-32-10-12-33-21-8-4-2-6-19(21)26-24(17)29/h2-9,14-15,28H,10-13H2,1H3,(H,26,29)(H,27,30). The molecule has 0 aliphatic carbocycles. The molecule has 0 aromatic heterocycles. The van der Waals surface area contributed by atoms with Crippen LogP contribution >= 0.6 is 0 Å². The van der Waals surface area contributed by atoms with Crippen LogP contribution in [0.25, 0.3) is 0 Å². The maximum atomic E-state index is 13.1. The summed E-state index contributed by atoms with van der Waals surface area (Å²) in [5.74, 6) is -0.654. The van der Waals surface area contributed by atoms with Gasteiger partial charge in [0.15, 0.2) is 0 Å². The number of benzene rings is 3. The smallest absolute Gasteiger partial charge is 0.259 e. The Morgan fingerprint density at radius 1 is 0.765 bits per heavy atom. The molecule has 0 saturated heterocycles. The molecular weight excluding hydrogens is 440 g/mol. The number of ether oxygens (including phenoxy) is 4. The van der Waals surface area contributed by atoms with E-state index in [9.17, 15) is 14.7 Å². The van der Waals surface area contributed by atoms with Crippen LogP contribution < -0.4 is 24.8 Å². The number of hydrogen-bond acceptors (Lipinski definition) is 7. The van der Waals surface area contributed by atoms with Crippen LogP contribution in [-0.4, -0.2) is 50.5 Å². The first-order valence-electron chi connectivity index (χ1n) is 10.6. The topological polar surface area (TPSA) is 115 Å². The van der Waals surface area contributed by atoms with Crippen LogP contribution in [0.15, 0.2) is 60.7 Å². The first kappa shape index (κ1) is 22.9. The van der Waals surface area contributed by atoms with Crippen molar-refractivity contribution in [2.45, 2.75) is 0 Å². The summed E-state index contributed by atoms with van der Waals surface area (Å²) in [5.41, 5.74) is 0.541. The van der Waals surface area contributed by atoms with Gasteiger partial charge in [0, 0.05) is 0 Å². The molecule has 3 N–H and O–H groups in total. The van der Waals surface area contributed by atoms with Gasteiger partial charge in [-0.05, 0) is 36.4 Å². The molecule has 9 nitrogen and oxygen atoms in total. The molecule has 34 heavy (non-hydrogen) atoms. The zero-order valence-electron chi connectivity index (χ0n) is 18.5. The SMILES string of the molecule is COc1cc2c(O)c(c1)C(=O)Nc1ccccc1OCCOCCOc1ccccc1NC2=O. The molecule has 0 radical (unpaired) electrons. The monoisotopic (exact) mass is 464 g/mol. The van der Waals surface area contributed by atoms with Gasteiger partial charge in [-0.3, -0.25) is 9.59 Å². The largest absolute Gasteiger partial charge is 0.506 e. The lowest BCUT2D eigenvalue weighted by atomic mass is 10.1. The highest BCUT2D eigenvalue weighted by Crippen LogP contribution is 2.32. The van der Waals surface area contributed by atoms with Crippen LogP contribution in [0, 0.1) is 0 Å². The maximum absolute atomic E-state index is 13.1. The second-order valence-corrected chi connectivity index (χ2v) is 7.28. The Bertz CT molecular complexity index is 1110. The molecule has 4 rings (SSSR count). The van der Waals surface area contributed by atoms with Crippen molar-refractivity contribution in [1.82, 2.24) is 0 Å². The van der Waals surface area contributed by atoms with Crippen LogP contribution in [0.2, 0.25) is 0 Å². The number of anilines is 2. The van der Waals surface area contributed by atoms with Gasteiger partial charge < -0.3 is 34.7 Å². The van der Waals surface area contributed by atoms with Crippen molar-refractivity contribution in [3.05, 3.63) is 71.8 Å². The normalized spacial score (nSPS) is 14.6. The number of hydrogen-bond donors (Lipinski definition) is 3. The van der Waals surface area contributed by atoms with E-state index < -0.39 is 17.6 Å². The fourth-order valence-corrected chi connectivity index (χ4v) is 3.37. The number of phenols is 1. The number of rotatable bonds is 1. The molecular formula is C25H24N2O7. The molecule has 2 amide bonds. The molecule has 1 aliphatic rings. The van der Waals surface area contributed by atoms with Gasteiger partial charge in [0.25, 0.3) is 11.8 Å². The molecule has 0 saturated carbocycles. The van der Waals surface area contributed by atoms with Gasteiger partial charge in [0.2, 0.25) is 0 Å². The van der Waals surface area contributed by atoms with Crippen molar-refractivity contribution in [2.24, 2.45) is 0 Å². The molecule has 3 aromatic rings. The lowest BCUT2D eigenvalue weighted by molar-refractivity contribution is 0.0767. The van der Waals surface area contributed by atoms with Crippen molar-refractivity contribution >= 4 is 23.2 Å². The number of methoxy groups -OCH3 is 1. The summed E-state index contributed by atoms with van der Waals surface area (Å²) in [6.45, 7) is 1.14. The van der Waals surface area contributed by atoms with Crippen molar-refractivity contribution in [3.63, 3.8) is 0 Å². The fourth-order valence-electron chi connectivity index (χ4n) is 3.37. The summed E-state index contributed by atoms with van der Waals surface area (Å²) in [7, 11) is 1.41. The van der Waals surface area contributed by atoms with E-state index in [1.807, 2.05) is 0 Å². The second-order valence-electron chi connectivity index (χ2n) is 7.28. The van der Waals surface area contributed by atoms with Crippen molar-refractivity contribution in [1.29, 1.82) is 0 Å². The van der Waals surface area contributed by atoms with Crippen LogP contribution in [0.1, 0.15) is 20.7 Å². The molecule has 0 atom stereocenters. The maximum Gasteiger partial charge on any atom is 0.259 e. The number of aromatic hydroxyl groups is 1. The van der Waals surface area contributed by atoms with E-state index in [1.54, 1.807) is 48.5 Å². The quantitative estimate of drug-likeness (QED) is 0.503.